The van der Waals surface area contributed by atoms with Crippen LogP contribution in [0, 0.1) is 5.92 Å². The number of benzene rings is 1. The highest BCUT2D eigenvalue weighted by atomic mass is 32.1. The topological polar surface area (TPSA) is 128 Å². The fourth-order valence-corrected chi connectivity index (χ4v) is 4.70. The second-order valence-electron chi connectivity index (χ2n) is 7.82. The lowest BCUT2D eigenvalue weighted by Crippen LogP contribution is -2.50. The van der Waals surface area contributed by atoms with E-state index in [1.165, 1.54) is 18.5 Å². The second-order valence-corrected chi connectivity index (χ2v) is 8.71. The number of hydrogen-bond acceptors (Lipinski definition) is 7. The molecule has 0 radical (unpaired) electrons. The Labute approximate surface area is 188 Å². The van der Waals surface area contributed by atoms with Crippen LogP contribution in [0.25, 0.3) is 10.2 Å². The number of likely N-dealkylation sites (tertiary alicyclic amines) is 1. The standard InChI is InChI=1S/C22H23N5O4S/c1-12-10-27(22(30)21(29)26-15-5-14(20(23)28)8-24-9-15)17(7-18(12)31-2)13-3-4-19-16(6-13)25-11-32-19/h3-6,8-9,11-12,17-18H,7,10H2,1-2H3,(H2,23,28)(H,26,29)/t12-,17-,18?/m1/s1. The number of pyridine rings is 1. The van der Waals surface area contributed by atoms with E-state index in [0.29, 0.717) is 13.0 Å². The van der Waals surface area contributed by atoms with Crippen LogP contribution in [0.1, 0.15) is 35.3 Å². The quantitative estimate of drug-likeness (QED) is 0.584. The summed E-state index contributed by atoms with van der Waals surface area (Å²) in [7, 11) is 1.66. The van der Waals surface area contributed by atoms with Crippen molar-refractivity contribution >= 4 is 45.0 Å². The van der Waals surface area contributed by atoms with Crippen molar-refractivity contribution in [1.29, 1.82) is 0 Å². The molecule has 3 amide bonds. The first-order valence-corrected chi connectivity index (χ1v) is 11.0. The van der Waals surface area contributed by atoms with Gasteiger partial charge in [-0.3, -0.25) is 19.4 Å². The van der Waals surface area contributed by atoms with Gasteiger partial charge in [0, 0.05) is 25.8 Å². The molecule has 2 aromatic heterocycles. The minimum atomic E-state index is -0.809. The van der Waals surface area contributed by atoms with Crippen molar-refractivity contribution in [2.45, 2.75) is 25.5 Å². The maximum Gasteiger partial charge on any atom is 0.313 e. The number of carbonyl (C=O) groups is 3. The van der Waals surface area contributed by atoms with E-state index in [-0.39, 0.29) is 29.3 Å². The van der Waals surface area contributed by atoms with Gasteiger partial charge in [-0.05, 0) is 30.2 Å². The number of primary amides is 1. The van der Waals surface area contributed by atoms with Crippen molar-refractivity contribution in [3.8, 4) is 0 Å². The lowest BCUT2D eigenvalue weighted by Gasteiger charge is -2.42. The number of amides is 3. The van der Waals surface area contributed by atoms with Gasteiger partial charge in [0.15, 0.2) is 0 Å². The highest BCUT2D eigenvalue weighted by molar-refractivity contribution is 7.16. The Balaban J connectivity index is 1.60. The summed E-state index contributed by atoms with van der Waals surface area (Å²) in [6, 6.07) is 6.94. The molecule has 0 aliphatic carbocycles. The number of fused-ring (bicyclic) bond motifs is 1. The number of nitrogens with one attached hydrogen (secondary N) is 1. The molecule has 3 N–H and O–H groups in total. The van der Waals surface area contributed by atoms with Gasteiger partial charge in [0.1, 0.15) is 0 Å². The van der Waals surface area contributed by atoms with Crippen LogP contribution in [0.3, 0.4) is 0 Å². The maximum absolute atomic E-state index is 13.2. The first-order chi connectivity index (χ1) is 15.4. The van der Waals surface area contributed by atoms with E-state index in [1.54, 1.807) is 28.9 Å². The average Bonchev–Trinajstić information content (AvgIpc) is 3.26. The third-order valence-corrected chi connectivity index (χ3v) is 6.54. The van der Waals surface area contributed by atoms with Gasteiger partial charge in [-0.25, -0.2) is 4.98 Å². The number of anilines is 1. The summed E-state index contributed by atoms with van der Waals surface area (Å²) in [6.07, 6.45) is 3.16. The molecular weight excluding hydrogens is 430 g/mol. The number of methoxy groups -OCH3 is 1. The van der Waals surface area contributed by atoms with Gasteiger partial charge in [0.25, 0.3) is 0 Å². The molecule has 166 valence electrons. The molecule has 10 heteroatoms. The molecule has 3 aromatic rings. The van der Waals surface area contributed by atoms with Gasteiger partial charge in [0.05, 0.1) is 45.3 Å². The zero-order valence-electron chi connectivity index (χ0n) is 17.6. The summed E-state index contributed by atoms with van der Waals surface area (Å²) in [4.78, 5) is 47.2. The SMILES string of the molecule is COC1C[C@H](c2ccc3scnc3c2)N(C(=O)C(=O)Nc2cncc(C(N)=O)c2)C[C@H]1C. The zero-order valence-corrected chi connectivity index (χ0v) is 18.5. The van der Waals surface area contributed by atoms with Gasteiger partial charge in [-0.15, -0.1) is 11.3 Å². The van der Waals surface area contributed by atoms with Crippen LogP contribution < -0.4 is 11.1 Å². The zero-order chi connectivity index (χ0) is 22.8. The van der Waals surface area contributed by atoms with Crippen LogP contribution in [0.15, 0.2) is 42.2 Å². The van der Waals surface area contributed by atoms with E-state index in [1.807, 2.05) is 25.1 Å². The van der Waals surface area contributed by atoms with Crippen LogP contribution in [0.2, 0.25) is 0 Å². The smallest absolute Gasteiger partial charge is 0.313 e. The molecule has 0 bridgehead atoms. The molecular formula is C22H23N5O4S. The van der Waals surface area contributed by atoms with E-state index in [2.05, 4.69) is 15.3 Å². The summed E-state index contributed by atoms with van der Waals surface area (Å²) in [5.74, 6) is -2.10. The number of carbonyl (C=O) groups excluding carboxylic acids is 3. The number of ether oxygens (including phenoxy) is 1. The van der Waals surface area contributed by atoms with Gasteiger partial charge in [-0.1, -0.05) is 13.0 Å². The first-order valence-electron chi connectivity index (χ1n) is 10.1. The molecule has 0 spiro atoms. The van der Waals surface area contributed by atoms with Crippen LogP contribution in [0.4, 0.5) is 5.69 Å². The van der Waals surface area contributed by atoms with E-state index >= 15 is 0 Å². The predicted molar refractivity (Wildman–Crippen MR) is 120 cm³/mol. The summed E-state index contributed by atoms with van der Waals surface area (Å²) in [6.45, 7) is 2.36. The van der Waals surface area contributed by atoms with Gasteiger partial charge >= 0.3 is 11.8 Å². The monoisotopic (exact) mass is 453 g/mol. The first kappa shape index (κ1) is 21.8. The third kappa shape index (κ3) is 4.32. The Kier molecular flexibility index (Phi) is 6.15. The van der Waals surface area contributed by atoms with E-state index in [4.69, 9.17) is 10.5 Å². The summed E-state index contributed by atoms with van der Waals surface area (Å²) in [5, 5.41) is 2.53. The molecule has 1 unspecified atom stereocenters. The van der Waals surface area contributed by atoms with Crippen molar-refractivity contribution in [2.75, 3.05) is 19.0 Å². The van der Waals surface area contributed by atoms with E-state index in [0.717, 1.165) is 15.8 Å². The van der Waals surface area contributed by atoms with Gasteiger partial charge in [-0.2, -0.15) is 0 Å². The van der Waals surface area contributed by atoms with Crippen molar-refractivity contribution < 1.29 is 19.1 Å². The van der Waals surface area contributed by atoms with Crippen LogP contribution in [-0.4, -0.2) is 52.3 Å². The summed E-state index contributed by atoms with van der Waals surface area (Å²) >= 11 is 1.55. The van der Waals surface area contributed by atoms with Crippen molar-refractivity contribution in [1.82, 2.24) is 14.9 Å². The molecule has 9 nitrogen and oxygen atoms in total. The normalized spacial score (nSPS) is 20.8. The lowest BCUT2D eigenvalue weighted by atomic mass is 9.87. The molecule has 1 aliphatic heterocycles. The Hall–Kier alpha value is -3.37. The van der Waals surface area contributed by atoms with Crippen molar-refractivity contribution in [3.05, 3.63) is 53.3 Å². The maximum atomic E-state index is 13.2. The highest BCUT2D eigenvalue weighted by Gasteiger charge is 2.39. The summed E-state index contributed by atoms with van der Waals surface area (Å²) < 4.78 is 6.70. The van der Waals surface area contributed by atoms with E-state index in [9.17, 15) is 14.4 Å². The average molecular weight is 454 g/mol. The number of nitrogens with zero attached hydrogens (tertiary/aromatic N) is 3. The van der Waals surface area contributed by atoms with E-state index < -0.39 is 17.7 Å². The van der Waals surface area contributed by atoms with Gasteiger partial charge in [0.2, 0.25) is 5.91 Å². The minimum absolute atomic E-state index is 0.0466. The fraction of sp³-hybridized carbons (Fsp3) is 0.318. The van der Waals surface area contributed by atoms with Gasteiger partial charge < -0.3 is 20.7 Å². The molecule has 1 fully saturated rings. The van der Waals surface area contributed by atoms with Crippen LogP contribution in [0.5, 0.6) is 0 Å². The molecule has 1 saturated heterocycles. The molecule has 1 aliphatic rings. The number of thiazole rings is 1. The molecule has 3 heterocycles. The number of nitrogens with two attached hydrogens (primary N) is 1. The van der Waals surface area contributed by atoms with Crippen LogP contribution >= 0.6 is 11.3 Å². The van der Waals surface area contributed by atoms with Crippen molar-refractivity contribution in [3.63, 3.8) is 0 Å². The molecule has 3 atom stereocenters. The number of rotatable bonds is 4. The summed E-state index contributed by atoms with van der Waals surface area (Å²) in [5.41, 5.74) is 9.15. The third-order valence-electron chi connectivity index (χ3n) is 5.73. The Bertz CT molecular complexity index is 1180. The highest BCUT2D eigenvalue weighted by Crippen LogP contribution is 2.36. The molecule has 32 heavy (non-hydrogen) atoms. The number of aromatic nitrogens is 2. The Morgan fingerprint density at radius 3 is 2.81 bits per heavy atom. The number of piperidine rings is 1. The van der Waals surface area contributed by atoms with Crippen molar-refractivity contribution in [2.24, 2.45) is 11.7 Å². The Morgan fingerprint density at radius 1 is 1.25 bits per heavy atom. The minimum Gasteiger partial charge on any atom is -0.381 e. The second kappa shape index (κ2) is 9.01. The number of hydrogen-bond donors (Lipinski definition) is 2. The Morgan fingerprint density at radius 2 is 2.06 bits per heavy atom. The van der Waals surface area contributed by atoms with Crippen LogP contribution in [-0.2, 0) is 14.3 Å². The molecule has 1 aromatic carbocycles. The molecule has 0 saturated carbocycles. The largest absolute Gasteiger partial charge is 0.381 e. The fourth-order valence-electron chi connectivity index (χ4n) is 4.04. The predicted octanol–water partition coefficient (Wildman–Crippen LogP) is 2.35. The molecule has 4 rings (SSSR count). The lowest BCUT2D eigenvalue weighted by molar-refractivity contribution is -0.149.